The van der Waals surface area contributed by atoms with Gasteiger partial charge in [0.1, 0.15) is 5.82 Å². The molecule has 1 amide bonds. The number of anilines is 1. The molecule has 0 aliphatic carbocycles. The summed E-state index contributed by atoms with van der Waals surface area (Å²) in [5.74, 6) is -0.334. The van der Waals surface area contributed by atoms with Gasteiger partial charge in [-0.1, -0.05) is 42.5 Å². The van der Waals surface area contributed by atoms with Gasteiger partial charge in [-0.25, -0.2) is 9.37 Å². The van der Waals surface area contributed by atoms with Crippen LogP contribution in [-0.4, -0.2) is 53.7 Å². The summed E-state index contributed by atoms with van der Waals surface area (Å²) in [6.45, 7) is 3.05. The Labute approximate surface area is 209 Å². The Morgan fingerprint density at radius 1 is 1.17 bits per heavy atom. The Balaban J connectivity index is 1.15. The van der Waals surface area contributed by atoms with Crippen molar-refractivity contribution >= 4 is 22.4 Å². The van der Waals surface area contributed by atoms with Crippen LogP contribution in [0, 0.1) is 5.82 Å². The molecular weight excluding hydrogens is 465 g/mol. The van der Waals surface area contributed by atoms with Crippen molar-refractivity contribution in [1.82, 2.24) is 9.88 Å². The van der Waals surface area contributed by atoms with Crippen molar-refractivity contribution in [2.75, 3.05) is 31.6 Å². The van der Waals surface area contributed by atoms with E-state index in [4.69, 9.17) is 9.47 Å². The highest BCUT2D eigenvalue weighted by molar-refractivity contribution is 7.15. The summed E-state index contributed by atoms with van der Waals surface area (Å²) in [7, 11) is 0. The average Bonchev–Trinajstić information content (AvgIpc) is 3.52. The minimum Gasteiger partial charge on any atom is -0.372 e. The van der Waals surface area contributed by atoms with Crippen LogP contribution in [0.2, 0.25) is 0 Å². The molecule has 1 N–H and O–H groups in total. The molecule has 2 fully saturated rings. The van der Waals surface area contributed by atoms with Gasteiger partial charge in [0.05, 0.1) is 24.9 Å². The molecule has 5 rings (SSSR count). The highest BCUT2D eigenvalue weighted by Crippen LogP contribution is 2.38. The van der Waals surface area contributed by atoms with Crippen molar-refractivity contribution in [3.63, 3.8) is 0 Å². The number of carbonyl (C=O) groups is 1. The second-order valence-corrected chi connectivity index (χ2v) is 10.4. The molecule has 35 heavy (non-hydrogen) atoms. The lowest BCUT2D eigenvalue weighted by Gasteiger charge is -2.44. The summed E-state index contributed by atoms with van der Waals surface area (Å²) < 4.78 is 25.7. The van der Waals surface area contributed by atoms with Gasteiger partial charge in [0, 0.05) is 37.2 Å². The topological polar surface area (TPSA) is 63.7 Å². The van der Waals surface area contributed by atoms with Gasteiger partial charge in [0.2, 0.25) is 5.91 Å². The minimum absolute atomic E-state index is 0.0751. The molecule has 0 saturated carbocycles. The number of hydrogen-bond acceptors (Lipinski definition) is 6. The number of carbonyl (C=O) groups excluding carboxylic acids is 1. The number of amides is 1. The summed E-state index contributed by atoms with van der Waals surface area (Å²) >= 11 is 1.44. The van der Waals surface area contributed by atoms with Gasteiger partial charge in [-0.2, -0.15) is 0 Å². The van der Waals surface area contributed by atoms with E-state index >= 15 is 0 Å². The van der Waals surface area contributed by atoms with E-state index in [1.807, 2.05) is 18.2 Å². The molecular formula is C27H30FN3O3S. The molecule has 3 heterocycles. The number of likely N-dealkylation sites (tertiary alicyclic amines) is 1. The zero-order valence-corrected chi connectivity index (χ0v) is 20.4. The van der Waals surface area contributed by atoms with Crippen LogP contribution in [0.1, 0.15) is 35.3 Å². The maximum Gasteiger partial charge on any atom is 0.240 e. The lowest BCUT2D eigenvalue weighted by molar-refractivity contribution is -0.159. The third kappa shape index (κ3) is 6.13. The first-order valence-electron chi connectivity index (χ1n) is 12.1. The standard InChI is InChI=1S/C27H30FN3O3S/c28-22-9-7-20(8-10-22)15-23-16-29-26(35-23)30-25(32)18-31-13-12-27(11-4-14-34-27)24(17-31)33-19-21-5-2-1-3-6-21/h1-3,5-10,16,24H,4,11-15,17-19H2,(H,29,30,32)/t24-,27-/m1/s1. The summed E-state index contributed by atoms with van der Waals surface area (Å²) in [4.78, 5) is 20.3. The molecule has 1 spiro atoms. The number of nitrogens with zero attached hydrogens (tertiary/aromatic N) is 2. The summed E-state index contributed by atoms with van der Waals surface area (Å²) in [6, 6.07) is 16.6. The van der Waals surface area contributed by atoms with Gasteiger partial charge in [-0.3, -0.25) is 9.69 Å². The molecule has 2 aliphatic rings. The molecule has 2 saturated heterocycles. The third-order valence-electron chi connectivity index (χ3n) is 6.75. The normalized spacial score (nSPS) is 22.5. The van der Waals surface area contributed by atoms with Crippen LogP contribution >= 0.6 is 11.3 Å². The molecule has 2 aliphatic heterocycles. The van der Waals surface area contributed by atoms with Crippen LogP contribution in [0.15, 0.2) is 60.8 Å². The molecule has 1 aromatic heterocycles. The molecule has 3 aromatic rings. The summed E-state index contributed by atoms with van der Waals surface area (Å²) in [5.41, 5.74) is 1.90. The minimum atomic E-state index is -0.248. The number of piperidine rings is 1. The monoisotopic (exact) mass is 495 g/mol. The van der Waals surface area contributed by atoms with E-state index < -0.39 is 0 Å². The number of aromatic nitrogens is 1. The average molecular weight is 496 g/mol. The summed E-state index contributed by atoms with van der Waals surface area (Å²) in [6.07, 6.45) is 5.26. The van der Waals surface area contributed by atoms with E-state index in [0.29, 0.717) is 24.7 Å². The van der Waals surface area contributed by atoms with E-state index in [2.05, 4.69) is 27.3 Å². The Kier molecular flexibility index (Phi) is 7.53. The van der Waals surface area contributed by atoms with Gasteiger partial charge >= 0.3 is 0 Å². The first kappa shape index (κ1) is 24.1. The molecule has 0 bridgehead atoms. The Morgan fingerprint density at radius 3 is 2.77 bits per heavy atom. The molecule has 184 valence electrons. The first-order valence-corrected chi connectivity index (χ1v) is 12.9. The number of hydrogen-bond donors (Lipinski definition) is 1. The van der Waals surface area contributed by atoms with Crippen LogP contribution in [0.25, 0.3) is 0 Å². The Bertz CT molecular complexity index is 1120. The maximum atomic E-state index is 13.1. The zero-order valence-electron chi connectivity index (χ0n) is 19.6. The van der Waals surface area contributed by atoms with Crippen molar-refractivity contribution in [2.45, 2.75) is 44.0 Å². The number of halogens is 1. The number of nitrogens with one attached hydrogen (secondary N) is 1. The number of rotatable bonds is 8. The zero-order chi connectivity index (χ0) is 24.1. The second-order valence-electron chi connectivity index (χ2n) is 9.27. The number of thiazole rings is 1. The van der Waals surface area contributed by atoms with Crippen molar-refractivity contribution in [3.05, 3.63) is 82.6 Å². The fourth-order valence-corrected chi connectivity index (χ4v) is 5.77. The van der Waals surface area contributed by atoms with Crippen LogP contribution in [0.4, 0.5) is 9.52 Å². The fraction of sp³-hybridized carbons (Fsp3) is 0.407. The molecule has 2 aromatic carbocycles. The summed E-state index contributed by atoms with van der Waals surface area (Å²) in [5, 5.41) is 3.51. The van der Waals surface area contributed by atoms with E-state index in [1.165, 1.54) is 23.5 Å². The van der Waals surface area contributed by atoms with Crippen LogP contribution < -0.4 is 5.32 Å². The predicted molar refractivity (Wildman–Crippen MR) is 134 cm³/mol. The van der Waals surface area contributed by atoms with Crippen molar-refractivity contribution in [1.29, 1.82) is 0 Å². The Hall–Kier alpha value is -2.65. The van der Waals surface area contributed by atoms with Gasteiger partial charge in [-0.05, 0) is 42.5 Å². The maximum absolute atomic E-state index is 13.1. The highest BCUT2D eigenvalue weighted by atomic mass is 32.1. The SMILES string of the molecule is O=C(CN1CC[C@]2(CCCO2)[C@H](OCc2ccccc2)C1)Nc1ncc(Cc2ccc(F)cc2)s1. The third-order valence-corrected chi connectivity index (χ3v) is 7.66. The quantitative estimate of drug-likeness (QED) is 0.493. The highest BCUT2D eigenvalue weighted by Gasteiger charge is 2.47. The molecule has 0 radical (unpaired) electrons. The molecule has 6 nitrogen and oxygen atoms in total. The van der Waals surface area contributed by atoms with Gasteiger partial charge in [-0.15, -0.1) is 11.3 Å². The molecule has 2 atom stereocenters. The smallest absolute Gasteiger partial charge is 0.240 e. The van der Waals surface area contributed by atoms with E-state index in [9.17, 15) is 9.18 Å². The van der Waals surface area contributed by atoms with Gasteiger partial charge in [0.25, 0.3) is 0 Å². The van der Waals surface area contributed by atoms with E-state index in [1.54, 1.807) is 18.3 Å². The van der Waals surface area contributed by atoms with Crippen LogP contribution in [-0.2, 0) is 27.3 Å². The fourth-order valence-electron chi connectivity index (χ4n) is 4.90. The van der Waals surface area contributed by atoms with Crippen molar-refractivity contribution in [3.8, 4) is 0 Å². The second kappa shape index (κ2) is 11.0. The van der Waals surface area contributed by atoms with E-state index in [0.717, 1.165) is 48.4 Å². The van der Waals surface area contributed by atoms with Crippen molar-refractivity contribution in [2.24, 2.45) is 0 Å². The lowest BCUT2D eigenvalue weighted by atomic mass is 9.85. The van der Waals surface area contributed by atoms with E-state index in [-0.39, 0.29) is 30.0 Å². The number of ether oxygens (including phenoxy) is 2. The molecule has 8 heteroatoms. The Morgan fingerprint density at radius 2 is 2.00 bits per heavy atom. The lowest BCUT2D eigenvalue weighted by Crippen LogP contribution is -2.57. The van der Waals surface area contributed by atoms with Gasteiger partial charge < -0.3 is 14.8 Å². The number of benzene rings is 2. The van der Waals surface area contributed by atoms with Crippen LogP contribution in [0.5, 0.6) is 0 Å². The molecule has 0 unspecified atom stereocenters. The predicted octanol–water partition coefficient (Wildman–Crippen LogP) is 4.65. The first-order chi connectivity index (χ1) is 17.1. The largest absolute Gasteiger partial charge is 0.372 e. The van der Waals surface area contributed by atoms with Crippen molar-refractivity contribution < 1.29 is 18.7 Å². The van der Waals surface area contributed by atoms with Gasteiger partial charge in [0.15, 0.2) is 5.13 Å². The van der Waals surface area contributed by atoms with Crippen LogP contribution in [0.3, 0.4) is 0 Å².